The minimum Gasteiger partial charge on any atom is -0.345 e. The lowest BCUT2D eigenvalue weighted by Crippen LogP contribution is -2.42. The minimum absolute atomic E-state index is 0.150. The van der Waals surface area contributed by atoms with E-state index in [1.54, 1.807) is 31.3 Å². The van der Waals surface area contributed by atoms with Crippen LogP contribution in [0.25, 0.3) is 0 Å². The van der Waals surface area contributed by atoms with E-state index in [4.69, 9.17) is 0 Å². The Hall–Kier alpha value is -2.78. The molecule has 0 aromatic heterocycles. The molecule has 1 rings (SSSR count). The Balaban J connectivity index is 2.39. The molecule has 0 bridgehead atoms. The maximum atomic E-state index is 11.9. The van der Waals surface area contributed by atoms with Crippen LogP contribution in [0.5, 0.6) is 0 Å². The van der Waals surface area contributed by atoms with Crippen LogP contribution in [0, 0.1) is 5.92 Å². The van der Waals surface area contributed by atoms with Gasteiger partial charge in [0.05, 0.1) is 6.54 Å². The summed E-state index contributed by atoms with van der Waals surface area (Å²) in [6.45, 7) is 1.45. The van der Waals surface area contributed by atoms with Crippen molar-refractivity contribution < 1.29 is 27.6 Å². The third-order valence-corrected chi connectivity index (χ3v) is 2.83. The zero-order chi connectivity index (χ0) is 19.0. The average Bonchev–Trinajstić information content (AvgIpc) is 2.52. The van der Waals surface area contributed by atoms with Crippen LogP contribution in [0.3, 0.4) is 0 Å². The second-order valence-corrected chi connectivity index (χ2v) is 5.42. The molecule has 0 atom stereocenters. The maximum Gasteiger partial charge on any atom is 0.405 e. The smallest absolute Gasteiger partial charge is 0.345 e. The van der Waals surface area contributed by atoms with Crippen LogP contribution in [0.4, 0.5) is 29.3 Å². The highest BCUT2D eigenvalue weighted by atomic mass is 19.4. The molecule has 138 valence electrons. The highest BCUT2D eigenvalue weighted by molar-refractivity contribution is 5.94. The van der Waals surface area contributed by atoms with Crippen molar-refractivity contribution in [1.82, 2.24) is 10.6 Å². The number of carbonyl (C=O) groups is 3. The molecule has 1 aromatic rings. The van der Waals surface area contributed by atoms with E-state index in [9.17, 15) is 27.6 Å². The second-order valence-electron chi connectivity index (χ2n) is 5.42. The molecular formula is C15H19F3N4O3. The van der Waals surface area contributed by atoms with E-state index < -0.39 is 31.2 Å². The van der Waals surface area contributed by atoms with Crippen molar-refractivity contribution in [3.63, 3.8) is 0 Å². The van der Waals surface area contributed by atoms with Gasteiger partial charge in [0.15, 0.2) is 0 Å². The largest absolute Gasteiger partial charge is 0.405 e. The molecule has 25 heavy (non-hydrogen) atoms. The normalized spacial score (nSPS) is 11.0. The summed E-state index contributed by atoms with van der Waals surface area (Å²) in [6.07, 6.45) is -4.51. The third-order valence-electron chi connectivity index (χ3n) is 2.83. The van der Waals surface area contributed by atoms with Crippen molar-refractivity contribution in [2.45, 2.75) is 20.0 Å². The fourth-order valence-corrected chi connectivity index (χ4v) is 1.52. The molecule has 1 aromatic carbocycles. The molecule has 0 aliphatic carbocycles. The van der Waals surface area contributed by atoms with Gasteiger partial charge >= 0.3 is 12.2 Å². The number of hydrogen-bond acceptors (Lipinski definition) is 3. The summed E-state index contributed by atoms with van der Waals surface area (Å²) in [5.41, 5.74) is 0.937. The van der Waals surface area contributed by atoms with Crippen LogP contribution in [0.15, 0.2) is 24.3 Å². The van der Waals surface area contributed by atoms with Crippen LogP contribution in [-0.4, -0.2) is 37.1 Å². The third kappa shape index (κ3) is 8.58. The predicted molar refractivity (Wildman–Crippen MR) is 86.0 cm³/mol. The van der Waals surface area contributed by atoms with E-state index in [-0.39, 0.29) is 11.8 Å². The first-order valence-electron chi connectivity index (χ1n) is 7.36. The maximum absolute atomic E-state index is 11.9. The lowest BCUT2D eigenvalue weighted by atomic mass is 10.2. The molecule has 0 aliphatic heterocycles. The zero-order valence-electron chi connectivity index (χ0n) is 13.7. The van der Waals surface area contributed by atoms with Crippen LogP contribution in [0.2, 0.25) is 0 Å². The molecule has 10 heteroatoms. The minimum atomic E-state index is -4.51. The standard InChI is InChI=1S/C15H19F3N4O3/c1-9(2)13(24)21-10-3-5-11(6-4-10)22-14(25)19-7-12(23)20-8-15(16,17)18/h3-6,9H,7-8H2,1-2H3,(H,20,23)(H,21,24)(H2,19,22,25). The first kappa shape index (κ1) is 20.3. The van der Waals surface area contributed by atoms with E-state index in [0.717, 1.165) is 0 Å². The number of hydrogen-bond donors (Lipinski definition) is 4. The van der Waals surface area contributed by atoms with Crippen molar-refractivity contribution in [1.29, 1.82) is 0 Å². The Morgan fingerprint density at radius 1 is 0.960 bits per heavy atom. The van der Waals surface area contributed by atoms with E-state index in [0.29, 0.717) is 11.4 Å². The fourth-order valence-electron chi connectivity index (χ4n) is 1.52. The average molecular weight is 360 g/mol. The summed E-state index contributed by atoms with van der Waals surface area (Å²) < 4.78 is 35.8. The molecule has 4 N–H and O–H groups in total. The Labute approximate surface area is 142 Å². The summed E-state index contributed by atoms with van der Waals surface area (Å²) in [6, 6.07) is 5.46. The number of amides is 4. The molecule has 0 fully saturated rings. The number of carbonyl (C=O) groups excluding carboxylic acids is 3. The molecule has 0 spiro atoms. The summed E-state index contributed by atoms with van der Waals surface area (Å²) in [5.74, 6) is -1.28. The van der Waals surface area contributed by atoms with Crippen LogP contribution in [-0.2, 0) is 9.59 Å². The monoisotopic (exact) mass is 360 g/mol. The van der Waals surface area contributed by atoms with Crippen molar-refractivity contribution in [2.24, 2.45) is 5.92 Å². The molecule has 0 unspecified atom stereocenters. The number of alkyl halides is 3. The van der Waals surface area contributed by atoms with Crippen molar-refractivity contribution >= 4 is 29.2 Å². The van der Waals surface area contributed by atoms with Gasteiger partial charge < -0.3 is 21.3 Å². The first-order valence-corrected chi connectivity index (χ1v) is 7.36. The van der Waals surface area contributed by atoms with E-state index in [1.165, 1.54) is 12.1 Å². The fraction of sp³-hybridized carbons (Fsp3) is 0.400. The Morgan fingerprint density at radius 3 is 1.96 bits per heavy atom. The van der Waals surface area contributed by atoms with Gasteiger partial charge in [-0.25, -0.2) is 4.79 Å². The molecule has 0 saturated carbocycles. The summed E-state index contributed by atoms with van der Waals surface area (Å²) in [5, 5.41) is 8.84. The van der Waals surface area contributed by atoms with Gasteiger partial charge in [-0.15, -0.1) is 0 Å². The predicted octanol–water partition coefficient (Wildman–Crippen LogP) is 2.08. The molecule has 7 nitrogen and oxygen atoms in total. The van der Waals surface area contributed by atoms with Gasteiger partial charge in [-0.1, -0.05) is 13.8 Å². The zero-order valence-corrected chi connectivity index (χ0v) is 13.7. The molecule has 0 saturated heterocycles. The summed E-state index contributed by atoms with van der Waals surface area (Å²) >= 11 is 0. The van der Waals surface area contributed by atoms with Gasteiger partial charge in [-0.2, -0.15) is 13.2 Å². The molecular weight excluding hydrogens is 341 g/mol. The second kappa shape index (κ2) is 8.90. The van der Waals surface area contributed by atoms with E-state index >= 15 is 0 Å². The molecule has 0 aliphatic rings. The van der Waals surface area contributed by atoms with Gasteiger partial charge in [-0.3, -0.25) is 9.59 Å². The van der Waals surface area contributed by atoms with Gasteiger partial charge in [0.25, 0.3) is 0 Å². The van der Waals surface area contributed by atoms with Gasteiger partial charge in [-0.05, 0) is 24.3 Å². The van der Waals surface area contributed by atoms with Gasteiger partial charge in [0, 0.05) is 17.3 Å². The lowest BCUT2D eigenvalue weighted by Gasteiger charge is -2.11. The highest BCUT2D eigenvalue weighted by Gasteiger charge is 2.27. The number of nitrogens with one attached hydrogen (secondary N) is 4. The topological polar surface area (TPSA) is 99.3 Å². The Morgan fingerprint density at radius 2 is 1.48 bits per heavy atom. The number of benzene rings is 1. The summed E-state index contributed by atoms with van der Waals surface area (Å²) in [4.78, 5) is 34.3. The van der Waals surface area contributed by atoms with Crippen molar-refractivity contribution in [3.8, 4) is 0 Å². The highest BCUT2D eigenvalue weighted by Crippen LogP contribution is 2.14. The van der Waals surface area contributed by atoms with Gasteiger partial charge in [0.1, 0.15) is 6.54 Å². The van der Waals surface area contributed by atoms with E-state index in [1.807, 2.05) is 0 Å². The Kier molecular flexibility index (Phi) is 7.22. The SMILES string of the molecule is CC(C)C(=O)Nc1ccc(NC(=O)NCC(=O)NCC(F)(F)F)cc1. The lowest BCUT2D eigenvalue weighted by molar-refractivity contribution is -0.137. The van der Waals surface area contributed by atoms with Gasteiger partial charge in [0.2, 0.25) is 11.8 Å². The molecule has 0 heterocycles. The number of anilines is 2. The first-order chi connectivity index (χ1) is 11.6. The van der Waals surface area contributed by atoms with Crippen LogP contribution < -0.4 is 21.3 Å². The number of halogens is 3. The van der Waals surface area contributed by atoms with Crippen LogP contribution >= 0.6 is 0 Å². The molecule has 4 amide bonds. The van der Waals surface area contributed by atoms with Crippen LogP contribution in [0.1, 0.15) is 13.8 Å². The number of urea groups is 1. The molecule has 0 radical (unpaired) electrons. The number of rotatable bonds is 6. The Bertz CT molecular complexity index is 615. The quantitative estimate of drug-likeness (QED) is 0.625. The summed E-state index contributed by atoms with van der Waals surface area (Å²) in [7, 11) is 0. The van der Waals surface area contributed by atoms with Crippen molar-refractivity contribution in [2.75, 3.05) is 23.7 Å². The van der Waals surface area contributed by atoms with Crippen molar-refractivity contribution in [3.05, 3.63) is 24.3 Å². The van der Waals surface area contributed by atoms with E-state index in [2.05, 4.69) is 16.0 Å².